The molecule has 0 saturated heterocycles. The molecule has 0 aliphatic rings. The average Bonchev–Trinajstić information content (AvgIpc) is 2.98. The average molecular weight is 343 g/mol. The van der Waals surface area contributed by atoms with Gasteiger partial charge in [0.2, 0.25) is 11.1 Å². The topological polar surface area (TPSA) is 43.1 Å². The Morgan fingerprint density at radius 3 is 2.57 bits per heavy atom. The molecule has 23 heavy (non-hydrogen) atoms. The summed E-state index contributed by atoms with van der Waals surface area (Å²) >= 11 is 7.43. The van der Waals surface area contributed by atoms with Crippen molar-refractivity contribution in [1.29, 1.82) is 0 Å². The molecular weight excluding hydrogens is 328 g/mol. The van der Waals surface area contributed by atoms with Crippen LogP contribution in [-0.4, -0.2) is 27.2 Å². The van der Waals surface area contributed by atoms with Gasteiger partial charge in [0.05, 0.1) is 6.54 Å². The van der Waals surface area contributed by atoms with Crippen LogP contribution in [-0.2, 0) is 6.54 Å². The predicted octanol–water partition coefficient (Wildman–Crippen LogP) is 4.45. The fourth-order valence-corrected chi connectivity index (χ4v) is 2.51. The fraction of sp³-hybridized carbons (Fsp3) is 0.118. The third kappa shape index (κ3) is 4.21. The van der Waals surface area contributed by atoms with Crippen LogP contribution < -0.4 is 0 Å². The highest BCUT2D eigenvalue weighted by atomic mass is 35.5. The third-order valence-electron chi connectivity index (χ3n) is 3.19. The zero-order chi connectivity index (χ0) is 16.1. The Morgan fingerprint density at radius 2 is 1.87 bits per heavy atom. The minimum Gasteiger partial charge on any atom is -0.225 e. The molecule has 0 bridgehead atoms. The zero-order valence-corrected chi connectivity index (χ0v) is 14.1. The van der Waals surface area contributed by atoms with Crippen molar-refractivity contribution in [3.8, 4) is 0 Å². The van der Waals surface area contributed by atoms with Crippen molar-refractivity contribution in [2.75, 3.05) is 6.26 Å². The molecule has 0 N–H and O–H groups in total. The third-order valence-corrected chi connectivity index (χ3v) is 3.98. The molecule has 0 unspecified atom stereocenters. The van der Waals surface area contributed by atoms with Gasteiger partial charge in [0.1, 0.15) is 0 Å². The molecule has 0 aliphatic heterocycles. The van der Waals surface area contributed by atoms with Crippen LogP contribution in [0.1, 0.15) is 11.1 Å². The van der Waals surface area contributed by atoms with E-state index in [1.807, 2.05) is 60.9 Å². The Labute approximate surface area is 144 Å². The Kier molecular flexibility index (Phi) is 5.10. The van der Waals surface area contributed by atoms with Crippen molar-refractivity contribution >= 4 is 35.5 Å². The maximum atomic E-state index is 5.93. The normalized spacial score (nSPS) is 11.2. The van der Waals surface area contributed by atoms with Gasteiger partial charge in [-0.25, -0.2) is 9.67 Å². The Morgan fingerprint density at radius 1 is 1.13 bits per heavy atom. The number of nitrogens with zero attached hydrogens (tertiary/aromatic N) is 4. The lowest BCUT2D eigenvalue weighted by molar-refractivity contribution is 0.670. The number of rotatable bonds is 5. The maximum Gasteiger partial charge on any atom is 0.249 e. The number of aliphatic imine (C=N–C) groups is 1. The second-order valence-corrected chi connectivity index (χ2v) is 6.06. The first-order valence-corrected chi connectivity index (χ1v) is 8.67. The molecule has 116 valence electrons. The zero-order valence-electron chi connectivity index (χ0n) is 12.6. The lowest BCUT2D eigenvalue weighted by atomic mass is 10.2. The lowest BCUT2D eigenvalue weighted by Crippen LogP contribution is -2.01. The van der Waals surface area contributed by atoms with Crippen molar-refractivity contribution < 1.29 is 0 Å². The summed E-state index contributed by atoms with van der Waals surface area (Å²) in [5, 5.41) is 5.91. The first kappa shape index (κ1) is 15.8. The quantitative estimate of drug-likeness (QED) is 0.508. The van der Waals surface area contributed by atoms with Gasteiger partial charge < -0.3 is 0 Å². The molecule has 0 saturated carbocycles. The van der Waals surface area contributed by atoms with Crippen molar-refractivity contribution in [2.45, 2.75) is 11.7 Å². The van der Waals surface area contributed by atoms with E-state index in [-0.39, 0.29) is 0 Å². The first-order chi connectivity index (χ1) is 11.2. The summed E-state index contributed by atoms with van der Waals surface area (Å²) in [6.07, 6.45) is 3.75. The largest absolute Gasteiger partial charge is 0.249 e. The molecule has 6 heteroatoms. The number of hydrogen-bond donors (Lipinski definition) is 0. The van der Waals surface area contributed by atoms with Crippen LogP contribution in [0.15, 0.2) is 64.7 Å². The molecule has 1 heterocycles. The van der Waals surface area contributed by atoms with Crippen LogP contribution >= 0.6 is 23.4 Å². The summed E-state index contributed by atoms with van der Waals surface area (Å²) in [5.41, 5.74) is 2.13. The van der Waals surface area contributed by atoms with Crippen LogP contribution in [0.5, 0.6) is 0 Å². The first-order valence-electron chi connectivity index (χ1n) is 7.07. The summed E-state index contributed by atoms with van der Waals surface area (Å²) in [5.74, 6) is 0.591. The summed E-state index contributed by atoms with van der Waals surface area (Å²) in [7, 11) is 0. The van der Waals surface area contributed by atoms with Gasteiger partial charge in [0.15, 0.2) is 0 Å². The van der Waals surface area contributed by atoms with E-state index in [0.29, 0.717) is 17.6 Å². The van der Waals surface area contributed by atoms with Gasteiger partial charge in [0, 0.05) is 11.2 Å². The number of aromatic nitrogens is 3. The molecule has 0 spiro atoms. The molecule has 0 fully saturated rings. The van der Waals surface area contributed by atoms with E-state index in [9.17, 15) is 0 Å². The maximum absolute atomic E-state index is 5.93. The molecule has 0 atom stereocenters. The summed E-state index contributed by atoms with van der Waals surface area (Å²) in [4.78, 5) is 8.93. The Bertz CT molecular complexity index is 797. The molecule has 1 aromatic heterocycles. The van der Waals surface area contributed by atoms with E-state index in [4.69, 9.17) is 11.6 Å². The van der Waals surface area contributed by atoms with Crippen LogP contribution in [0, 0.1) is 0 Å². The molecule has 2 aromatic carbocycles. The Balaban J connectivity index is 1.86. The molecular formula is C17H15ClN4S. The van der Waals surface area contributed by atoms with Gasteiger partial charge in [-0.2, -0.15) is 4.98 Å². The monoisotopic (exact) mass is 342 g/mol. The standard InChI is InChI=1S/C17H15ClN4S/c1-23-17-20-16(19-11-13-5-3-2-4-6-13)22(21-17)12-14-7-9-15(18)10-8-14/h2-11H,12H2,1H3/b19-11-. The van der Waals surface area contributed by atoms with Crippen LogP contribution in [0.3, 0.4) is 0 Å². The fourth-order valence-electron chi connectivity index (χ4n) is 2.04. The number of halogens is 1. The van der Waals surface area contributed by atoms with Crippen molar-refractivity contribution in [2.24, 2.45) is 4.99 Å². The summed E-state index contributed by atoms with van der Waals surface area (Å²) < 4.78 is 1.80. The molecule has 0 amide bonds. The van der Waals surface area contributed by atoms with E-state index in [1.165, 1.54) is 11.8 Å². The van der Waals surface area contributed by atoms with Crippen LogP contribution in [0.4, 0.5) is 5.95 Å². The second kappa shape index (κ2) is 7.44. The van der Waals surface area contributed by atoms with E-state index in [0.717, 1.165) is 16.1 Å². The highest BCUT2D eigenvalue weighted by Crippen LogP contribution is 2.18. The number of thioether (sulfide) groups is 1. The van der Waals surface area contributed by atoms with Gasteiger partial charge in [0.25, 0.3) is 0 Å². The minimum atomic E-state index is 0.591. The van der Waals surface area contributed by atoms with E-state index < -0.39 is 0 Å². The van der Waals surface area contributed by atoms with Crippen LogP contribution in [0.25, 0.3) is 0 Å². The van der Waals surface area contributed by atoms with Crippen LogP contribution in [0.2, 0.25) is 5.02 Å². The number of hydrogen-bond acceptors (Lipinski definition) is 4. The van der Waals surface area contributed by atoms with Crippen molar-refractivity contribution in [1.82, 2.24) is 14.8 Å². The molecule has 0 radical (unpaired) electrons. The minimum absolute atomic E-state index is 0.591. The smallest absolute Gasteiger partial charge is 0.225 e. The van der Waals surface area contributed by atoms with Crippen molar-refractivity contribution in [3.63, 3.8) is 0 Å². The SMILES string of the molecule is CSc1nc(/N=C\c2ccccc2)n(Cc2ccc(Cl)cc2)n1. The van der Waals surface area contributed by atoms with Gasteiger partial charge in [-0.05, 0) is 29.5 Å². The van der Waals surface area contributed by atoms with E-state index >= 15 is 0 Å². The van der Waals surface area contributed by atoms with Gasteiger partial charge in [-0.1, -0.05) is 65.8 Å². The van der Waals surface area contributed by atoms with Gasteiger partial charge in [-0.3, -0.25) is 0 Å². The highest BCUT2D eigenvalue weighted by molar-refractivity contribution is 7.98. The van der Waals surface area contributed by atoms with Gasteiger partial charge in [-0.15, -0.1) is 5.10 Å². The predicted molar refractivity (Wildman–Crippen MR) is 96.1 cm³/mol. The summed E-state index contributed by atoms with van der Waals surface area (Å²) in [6, 6.07) is 17.6. The van der Waals surface area contributed by atoms with Crippen molar-refractivity contribution in [3.05, 3.63) is 70.7 Å². The van der Waals surface area contributed by atoms with E-state index in [2.05, 4.69) is 15.1 Å². The van der Waals surface area contributed by atoms with E-state index in [1.54, 1.807) is 10.9 Å². The molecule has 3 aromatic rings. The molecule has 4 nitrogen and oxygen atoms in total. The van der Waals surface area contributed by atoms with Gasteiger partial charge >= 0.3 is 0 Å². The molecule has 3 rings (SSSR count). The highest BCUT2D eigenvalue weighted by Gasteiger charge is 2.08. The lowest BCUT2D eigenvalue weighted by Gasteiger charge is -2.03. The Hall–Kier alpha value is -2.11. The molecule has 0 aliphatic carbocycles. The summed E-state index contributed by atoms with van der Waals surface area (Å²) in [6.45, 7) is 0.603. The number of benzene rings is 2. The second-order valence-electron chi connectivity index (χ2n) is 4.85.